The van der Waals surface area contributed by atoms with Crippen molar-refractivity contribution < 1.29 is 14.0 Å². The van der Waals surface area contributed by atoms with Gasteiger partial charge in [0.2, 0.25) is 0 Å². The van der Waals surface area contributed by atoms with Crippen molar-refractivity contribution in [2.45, 2.75) is 0 Å². The number of anilines is 1. The van der Waals surface area contributed by atoms with Crippen LogP contribution in [0.2, 0.25) is 0 Å². The minimum Gasteiger partial charge on any atom is -0.459 e. The average molecular weight is 317 g/mol. The molecule has 8 nitrogen and oxygen atoms in total. The number of hydrogen-bond donors (Lipinski definition) is 1. The summed E-state index contributed by atoms with van der Waals surface area (Å²) >= 11 is 0. The van der Waals surface area contributed by atoms with Crippen LogP contribution in [0.3, 0.4) is 0 Å². The van der Waals surface area contributed by atoms with Gasteiger partial charge in [0.1, 0.15) is 5.82 Å². The van der Waals surface area contributed by atoms with Crippen LogP contribution in [0, 0.1) is 0 Å². The van der Waals surface area contributed by atoms with Crippen LogP contribution in [-0.2, 0) is 7.05 Å². The molecule has 2 aromatic rings. The van der Waals surface area contributed by atoms with E-state index in [0.717, 1.165) is 13.1 Å². The summed E-state index contributed by atoms with van der Waals surface area (Å²) in [5, 5.41) is 6.89. The van der Waals surface area contributed by atoms with Crippen molar-refractivity contribution in [1.29, 1.82) is 0 Å². The van der Waals surface area contributed by atoms with E-state index in [9.17, 15) is 9.59 Å². The van der Waals surface area contributed by atoms with Gasteiger partial charge in [-0.2, -0.15) is 5.10 Å². The van der Waals surface area contributed by atoms with Crippen molar-refractivity contribution in [3.05, 3.63) is 35.9 Å². The van der Waals surface area contributed by atoms with E-state index in [-0.39, 0.29) is 17.6 Å². The molecule has 1 aliphatic heterocycles. The molecule has 3 rings (SSSR count). The lowest BCUT2D eigenvalue weighted by Crippen LogP contribution is -2.47. The van der Waals surface area contributed by atoms with Crippen LogP contribution in [0.15, 0.2) is 28.9 Å². The van der Waals surface area contributed by atoms with Crippen molar-refractivity contribution in [3.63, 3.8) is 0 Å². The van der Waals surface area contributed by atoms with E-state index in [1.54, 1.807) is 30.1 Å². The number of likely N-dealkylation sites (N-methyl/N-ethyl adjacent to an activating group) is 1. The second-order valence-electron chi connectivity index (χ2n) is 5.57. The highest BCUT2D eigenvalue weighted by atomic mass is 16.3. The Morgan fingerprint density at radius 3 is 2.61 bits per heavy atom. The van der Waals surface area contributed by atoms with E-state index in [0.29, 0.717) is 24.6 Å². The standard InChI is InChI=1S/C15H19N5O3/c1-18-5-7-20(8-6-18)15(22)11-10-13(19(2)17-11)16-14(21)12-4-3-9-23-12/h3-4,9-10H,5-8H2,1-2H3,(H,16,21). The largest absolute Gasteiger partial charge is 0.459 e. The molecular weight excluding hydrogens is 298 g/mol. The van der Waals surface area contributed by atoms with Crippen LogP contribution in [-0.4, -0.2) is 64.6 Å². The van der Waals surface area contributed by atoms with E-state index < -0.39 is 0 Å². The van der Waals surface area contributed by atoms with Crippen LogP contribution >= 0.6 is 0 Å². The summed E-state index contributed by atoms with van der Waals surface area (Å²) < 4.78 is 6.52. The minimum absolute atomic E-state index is 0.118. The fraction of sp³-hybridized carbons (Fsp3) is 0.400. The highest BCUT2D eigenvalue weighted by molar-refractivity contribution is 6.02. The van der Waals surface area contributed by atoms with Gasteiger partial charge < -0.3 is 19.5 Å². The maximum absolute atomic E-state index is 12.5. The summed E-state index contributed by atoms with van der Waals surface area (Å²) in [6.07, 6.45) is 1.43. The second kappa shape index (κ2) is 6.25. The Balaban J connectivity index is 1.70. The molecule has 1 aliphatic rings. The first-order valence-corrected chi connectivity index (χ1v) is 7.41. The molecule has 0 radical (unpaired) electrons. The molecule has 0 aliphatic carbocycles. The van der Waals surface area contributed by atoms with Crippen LogP contribution in [0.5, 0.6) is 0 Å². The number of piperazine rings is 1. The summed E-state index contributed by atoms with van der Waals surface area (Å²) in [5.74, 6) is 0.158. The molecule has 2 amide bonds. The second-order valence-corrected chi connectivity index (χ2v) is 5.57. The molecule has 1 saturated heterocycles. The van der Waals surface area contributed by atoms with E-state index in [1.165, 1.54) is 10.9 Å². The SMILES string of the molecule is CN1CCN(C(=O)c2cc(NC(=O)c3ccco3)n(C)n2)CC1. The Morgan fingerprint density at radius 2 is 1.96 bits per heavy atom. The number of carbonyl (C=O) groups is 2. The molecular formula is C15H19N5O3. The summed E-state index contributed by atoms with van der Waals surface area (Å²) in [7, 11) is 3.71. The number of aromatic nitrogens is 2. The van der Waals surface area contributed by atoms with Crippen molar-refractivity contribution in [3.8, 4) is 0 Å². The Kier molecular flexibility index (Phi) is 4.16. The Bertz CT molecular complexity index is 699. The van der Waals surface area contributed by atoms with Gasteiger partial charge in [-0.3, -0.25) is 14.3 Å². The van der Waals surface area contributed by atoms with Gasteiger partial charge in [0.25, 0.3) is 11.8 Å². The Morgan fingerprint density at radius 1 is 1.22 bits per heavy atom. The lowest BCUT2D eigenvalue weighted by Gasteiger charge is -2.31. The molecule has 23 heavy (non-hydrogen) atoms. The number of hydrogen-bond acceptors (Lipinski definition) is 5. The Labute approximate surface area is 133 Å². The summed E-state index contributed by atoms with van der Waals surface area (Å²) in [4.78, 5) is 28.4. The van der Waals surface area contributed by atoms with Crippen LogP contribution < -0.4 is 5.32 Å². The van der Waals surface area contributed by atoms with Gasteiger partial charge in [0.15, 0.2) is 11.5 Å². The van der Waals surface area contributed by atoms with E-state index in [1.807, 2.05) is 7.05 Å². The number of amides is 2. The number of nitrogens with zero attached hydrogens (tertiary/aromatic N) is 4. The van der Waals surface area contributed by atoms with Crippen molar-refractivity contribution in [2.24, 2.45) is 7.05 Å². The molecule has 0 aromatic carbocycles. The van der Waals surface area contributed by atoms with Gasteiger partial charge in [0, 0.05) is 39.3 Å². The smallest absolute Gasteiger partial charge is 0.292 e. The number of carbonyl (C=O) groups excluding carboxylic acids is 2. The molecule has 3 heterocycles. The zero-order valence-corrected chi connectivity index (χ0v) is 13.2. The quantitative estimate of drug-likeness (QED) is 0.899. The van der Waals surface area contributed by atoms with Crippen LogP contribution in [0.4, 0.5) is 5.82 Å². The highest BCUT2D eigenvalue weighted by Gasteiger charge is 2.23. The summed E-state index contributed by atoms with van der Waals surface area (Å²) in [5.41, 5.74) is 0.326. The van der Waals surface area contributed by atoms with Gasteiger partial charge in [-0.15, -0.1) is 0 Å². The van der Waals surface area contributed by atoms with E-state index >= 15 is 0 Å². The Hall–Kier alpha value is -2.61. The lowest BCUT2D eigenvalue weighted by molar-refractivity contribution is 0.0657. The first-order chi connectivity index (χ1) is 11.0. The van der Waals surface area contributed by atoms with Crippen molar-refractivity contribution in [1.82, 2.24) is 19.6 Å². The van der Waals surface area contributed by atoms with Crippen LogP contribution in [0.25, 0.3) is 0 Å². The summed E-state index contributed by atoms with van der Waals surface area (Å²) in [6.45, 7) is 3.06. The molecule has 2 aromatic heterocycles. The topological polar surface area (TPSA) is 83.6 Å². The molecule has 0 saturated carbocycles. The minimum atomic E-state index is -0.378. The van der Waals surface area contributed by atoms with Gasteiger partial charge >= 0.3 is 0 Å². The zero-order chi connectivity index (χ0) is 16.4. The van der Waals surface area contributed by atoms with Gasteiger partial charge in [-0.1, -0.05) is 0 Å². The molecule has 1 fully saturated rings. The third-order valence-corrected chi connectivity index (χ3v) is 3.88. The molecule has 0 atom stereocenters. The average Bonchev–Trinajstić information content (AvgIpc) is 3.18. The van der Waals surface area contributed by atoms with Crippen LogP contribution in [0.1, 0.15) is 21.0 Å². The van der Waals surface area contributed by atoms with Gasteiger partial charge in [0.05, 0.1) is 6.26 Å². The van der Waals surface area contributed by atoms with E-state index in [4.69, 9.17) is 4.42 Å². The molecule has 8 heteroatoms. The number of aryl methyl sites for hydroxylation is 1. The number of nitrogens with one attached hydrogen (secondary N) is 1. The predicted octanol–water partition coefficient (Wildman–Crippen LogP) is 0.653. The molecule has 0 bridgehead atoms. The molecule has 0 spiro atoms. The maximum atomic E-state index is 12.5. The lowest BCUT2D eigenvalue weighted by atomic mass is 10.3. The fourth-order valence-corrected chi connectivity index (χ4v) is 2.45. The third kappa shape index (κ3) is 3.26. The third-order valence-electron chi connectivity index (χ3n) is 3.88. The van der Waals surface area contributed by atoms with Gasteiger partial charge in [-0.25, -0.2) is 0 Å². The number of furan rings is 1. The molecule has 1 N–H and O–H groups in total. The summed E-state index contributed by atoms with van der Waals surface area (Å²) in [6, 6.07) is 4.80. The van der Waals surface area contributed by atoms with Crippen molar-refractivity contribution in [2.75, 3.05) is 38.5 Å². The highest BCUT2D eigenvalue weighted by Crippen LogP contribution is 2.14. The zero-order valence-electron chi connectivity index (χ0n) is 13.2. The molecule has 0 unspecified atom stereocenters. The first kappa shape index (κ1) is 15.3. The van der Waals surface area contributed by atoms with Gasteiger partial charge in [-0.05, 0) is 19.2 Å². The maximum Gasteiger partial charge on any atom is 0.292 e. The monoisotopic (exact) mass is 317 g/mol. The normalized spacial score (nSPS) is 15.7. The predicted molar refractivity (Wildman–Crippen MR) is 83.3 cm³/mol. The fourth-order valence-electron chi connectivity index (χ4n) is 2.45. The first-order valence-electron chi connectivity index (χ1n) is 7.41. The van der Waals surface area contributed by atoms with Crippen molar-refractivity contribution >= 4 is 17.6 Å². The van der Waals surface area contributed by atoms with E-state index in [2.05, 4.69) is 15.3 Å². The molecule has 122 valence electrons. The number of rotatable bonds is 3.